The van der Waals surface area contributed by atoms with E-state index in [4.69, 9.17) is 0 Å². The van der Waals surface area contributed by atoms with Gasteiger partial charge in [-0.25, -0.2) is 4.79 Å². The van der Waals surface area contributed by atoms with Crippen LogP contribution in [0.5, 0.6) is 5.75 Å². The molecule has 6 rings (SSSR count). The molecule has 264 valence electrons. The molecule has 7 N–H and O–H groups in total. The molecule has 2 heterocycles. The van der Waals surface area contributed by atoms with Crippen molar-refractivity contribution >= 4 is 28.5 Å². The first-order valence-electron chi connectivity index (χ1n) is 17.3. The molecule has 11 heteroatoms. The highest BCUT2D eigenvalue weighted by Gasteiger charge is 2.21. The molecule has 1 aromatic heterocycles. The lowest BCUT2D eigenvalue weighted by atomic mass is 10.0. The molecule has 0 bridgehead atoms. The topological polar surface area (TPSA) is 159 Å². The van der Waals surface area contributed by atoms with Crippen LogP contribution in [0, 0.1) is 0 Å². The molecule has 0 radical (unpaired) electrons. The number of piperidine rings is 1. The summed E-state index contributed by atoms with van der Waals surface area (Å²) >= 11 is 0. The summed E-state index contributed by atoms with van der Waals surface area (Å²) in [5.74, 6) is -0.0609. The third kappa shape index (κ3) is 9.61. The van der Waals surface area contributed by atoms with E-state index in [2.05, 4.69) is 31.2 Å². The third-order valence-electron chi connectivity index (χ3n) is 9.25. The maximum Gasteiger partial charge on any atom is 0.319 e. The van der Waals surface area contributed by atoms with Gasteiger partial charge in [0.1, 0.15) is 5.75 Å². The van der Waals surface area contributed by atoms with Crippen LogP contribution in [0.1, 0.15) is 42.1 Å². The van der Waals surface area contributed by atoms with Crippen LogP contribution in [0.25, 0.3) is 22.0 Å². The van der Waals surface area contributed by atoms with Crippen LogP contribution >= 0.6 is 0 Å². The van der Waals surface area contributed by atoms with Crippen LogP contribution < -0.4 is 26.8 Å². The molecule has 1 fully saturated rings. The molecule has 51 heavy (non-hydrogen) atoms. The molecule has 1 saturated heterocycles. The zero-order valence-electron chi connectivity index (χ0n) is 28.4. The van der Waals surface area contributed by atoms with Gasteiger partial charge in [-0.3, -0.25) is 9.59 Å². The van der Waals surface area contributed by atoms with E-state index >= 15 is 0 Å². The summed E-state index contributed by atoms with van der Waals surface area (Å²) in [6.07, 6.45) is 1.18. The summed E-state index contributed by atoms with van der Waals surface area (Å²) in [5.41, 5.74) is 5.36. The number of rotatable bonds is 13. The Hall–Kier alpha value is -5.49. The van der Waals surface area contributed by atoms with Crippen LogP contribution in [0.4, 0.5) is 10.5 Å². The fraction of sp³-hybridized carbons (Fsp3) is 0.275. The molecule has 5 aromatic rings. The Labute approximate surface area is 296 Å². The van der Waals surface area contributed by atoms with E-state index in [1.54, 1.807) is 12.1 Å². The molecule has 3 amide bonds. The van der Waals surface area contributed by atoms with Gasteiger partial charge in [0, 0.05) is 68.7 Å². The predicted octanol–water partition coefficient (Wildman–Crippen LogP) is 5.02. The molecule has 1 aliphatic heterocycles. The van der Waals surface area contributed by atoms with E-state index in [0.717, 1.165) is 53.9 Å². The monoisotopic (exact) mass is 688 g/mol. The summed E-state index contributed by atoms with van der Waals surface area (Å²) in [6.45, 7) is 3.48. The molecule has 1 atom stereocenters. The van der Waals surface area contributed by atoms with Gasteiger partial charge in [0.15, 0.2) is 0 Å². The molecule has 0 aliphatic carbocycles. The zero-order chi connectivity index (χ0) is 35.6. The Balaban J connectivity index is 0.885. The van der Waals surface area contributed by atoms with Crippen molar-refractivity contribution in [1.82, 2.24) is 25.8 Å². The number of hydrogen-bond acceptors (Lipinski definition) is 7. The molecule has 1 aliphatic rings. The zero-order valence-corrected chi connectivity index (χ0v) is 28.4. The number of nitrogens with zero attached hydrogens (tertiary/aromatic N) is 1. The quantitative estimate of drug-likeness (QED) is 0.0916. The number of phenolic OH excluding ortho intramolecular Hbond substituents is 1. The van der Waals surface area contributed by atoms with Gasteiger partial charge in [-0.15, -0.1) is 0 Å². The highest BCUT2D eigenvalue weighted by atomic mass is 16.3. The standard InChI is InChI=1S/C40H44N6O5/c47-35-15-13-32(33-14-16-38(50)45-39(33)35)36(48)26-41-24-27-7-6-8-28(23-27)25-42-37(49)19-22-46-20-17-30(18-21-46)43-40(51)44-34-12-5-4-11-31(34)29-9-2-1-3-10-29/h1-16,23,30,36,41,47-48H,17-22,24-26H2,(H,42,49)(H,45,50)(H2,43,44,51). The number of para-hydroxylation sites is 1. The number of amides is 3. The van der Waals surface area contributed by atoms with Crippen LogP contribution in [0.3, 0.4) is 0 Å². The predicted molar refractivity (Wildman–Crippen MR) is 199 cm³/mol. The van der Waals surface area contributed by atoms with Gasteiger partial charge in [0.2, 0.25) is 11.5 Å². The van der Waals surface area contributed by atoms with E-state index in [1.165, 1.54) is 12.1 Å². The van der Waals surface area contributed by atoms with Gasteiger partial charge >= 0.3 is 6.03 Å². The van der Waals surface area contributed by atoms with Crippen LogP contribution in [-0.2, 0) is 17.9 Å². The molecular formula is C40H44N6O5. The van der Waals surface area contributed by atoms with E-state index in [9.17, 15) is 24.6 Å². The number of aromatic amines is 1. The molecule has 4 aromatic carbocycles. The minimum atomic E-state index is -0.851. The Morgan fingerprint density at radius 2 is 1.61 bits per heavy atom. The normalized spacial score (nSPS) is 14.2. The van der Waals surface area contributed by atoms with Crippen molar-refractivity contribution < 1.29 is 19.8 Å². The van der Waals surface area contributed by atoms with Crippen molar-refractivity contribution in [2.75, 3.05) is 31.5 Å². The highest BCUT2D eigenvalue weighted by molar-refractivity contribution is 5.94. The number of aliphatic hydroxyl groups excluding tert-OH is 1. The number of carbonyl (C=O) groups excluding carboxylic acids is 2. The number of urea groups is 1. The summed E-state index contributed by atoms with van der Waals surface area (Å²) in [7, 11) is 0. The number of phenols is 1. The number of pyridine rings is 1. The SMILES string of the molecule is O=C(CCN1CCC(NC(=O)Nc2ccccc2-c2ccccc2)CC1)NCc1cccc(CNCC(O)c2ccc(O)c3[nH]c(=O)ccc23)c1. The van der Waals surface area contributed by atoms with Gasteiger partial charge in [-0.05, 0) is 53.3 Å². The van der Waals surface area contributed by atoms with Crippen molar-refractivity contribution in [3.8, 4) is 16.9 Å². The van der Waals surface area contributed by atoms with E-state index in [0.29, 0.717) is 42.5 Å². The average molecular weight is 689 g/mol. The minimum Gasteiger partial charge on any atom is -0.506 e. The number of aromatic hydroxyl groups is 1. The fourth-order valence-electron chi connectivity index (χ4n) is 6.52. The summed E-state index contributed by atoms with van der Waals surface area (Å²) < 4.78 is 0. The Morgan fingerprint density at radius 3 is 2.41 bits per heavy atom. The van der Waals surface area contributed by atoms with Crippen molar-refractivity contribution in [3.05, 3.63) is 130 Å². The van der Waals surface area contributed by atoms with E-state index in [-0.39, 0.29) is 35.8 Å². The van der Waals surface area contributed by atoms with E-state index < -0.39 is 6.10 Å². The second-order valence-corrected chi connectivity index (χ2v) is 12.9. The van der Waals surface area contributed by atoms with Gasteiger partial charge in [-0.1, -0.05) is 78.9 Å². The lowest BCUT2D eigenvalue weighted by Crippen LogP contribution is -2.46. The van der Waals surface area contributed by atoms with Gasteiger partial charge in [-0.2, -0.15) is 0 Å². The van der Waals surface area contributed by atoms with Crippen LogP contribution in [0.2, 0.25) is 0 Å². The number of aromatic nitrogens is 1. The second kappa shape index (κ2) is 16.9. The molecule has 0 saturated carbocycles. The third-order valence-corrected chi connectivity index (χ3v) is 9.25. The van der Waals surface area contributed by atoms with Crippen LogP contribution in [-0.4, -0.2) is 64.3 Å². The average Bonchev–Trinajstić information content (AvgIpc) is 3.15. The summed E-state index contributed by atoms with van der Waals surface area (Å²) in [5, 5.41) is 34.0. The van der Waals surface area contributed by atoms with Crippen molar-refractivity contribution in [2.45, 2.75) is 44.5 Å². The number of fused-ring (bicyclic) bond motifs is 1. The number of carbonyl (C=O) groups is 2. The number of aliphatic hydroxyl groups is 1. The fourth-order valence-corrected chi connectivity index (χ4v) is 6.52. The maximum atomic E-state index is 12.8. The Bertz CT molecular complexity index is 2010. The van der Waals surface area contributed by atoms with Crippen LogP contribution in [0.15, 0.2) is 108 Å². The number of nitrogens with one attached hydrogen (secondary N) is 5. The van der Waals surface area contributed by atoms with Crippen molar-refractivity contribution in [2.24, 2.45) is 0 Å². The lowest BCUT2D eigenvalue weighted by Gasteiger charge is -2.32. The number of hydrogen-bond donors (Lipinski definition) is 7. The van der Waals surface area contributed by atoms with Gasteiger partial charge in [0.25, 0.3) is 0 Å². The summed E-state index contributed by atoms with van der Waals surface area (Å²) in [6, 6.07) is 31.6. The first kappa shape index (κ1) is 35.3. The smallest absolute Gasteiger partial charge is 0.319 e. The Morgan fingerprint density at radius 1 is 0.863 bits per heavy atom. The van der Waals surface area contributed by atoms with E-state index in [1.807, 2.05) is 78.9 Å². The number of likely N-dealkylation sites (tertiary alicyclic amines) is 1. The number of H-pyrrole nitrogens is 1. The highest BCUT2D eigenvalue weighted by Crippen LogP contribution is 2.29. The summed E-state index contributed by atoms with van der Waals surface area (Å²) in [4.78, 5) is 42.1. The molecular weight excluding hydrogens is 644 g/mol. The van der Waals surface area contributed by atoms with Crippen molar-refractivity contribution in [3.63, 3.8) is 0 Å². The molecule has 11 nitrogen and oxygen atoms in total. The first-order valence-corrected chi connectivity index (χ1v) is 17.3. The number of anilines is 1. The Kier molecular flexibility index (Phi) is 11.7. The maximum absolute atomic E-state index is 12.8. The van der Waals surface area contributed by atoms with Crippen molar-refractivity contribution in [1.29, 1.82) is 0 Å². The largest absolute Gasteiger partial charge is 0.506 e. The minimum absolute atomic E-state index is 0.0131. The number of benzene rings is 4. The first-order chi connectivity index (χ1) is 24.8. The molecule has 1 unspecified atom stereocenters. The second-order valence-electron chi connectivity index (χ2n) is 12.9. The lowest BCUT2D eigenvalue weighted by molar-refractivity contribution is -0.121. The molecule has 0 spiro atoms. The van der Waals surface area contributed by atoms with Gasteiger partial charge in [0.05, 0.1) is 17.3 Å². The van der Waals surface area contributed by atoms with Gasteiger partial charge < -0.3 is 41.4 Å².